The zero-order valence-corrected chi connectivity index (χ0v) is 8.46. The molecular formula is C9H15N3O2. The van der Waals surface area contributed by atoms with E-state index in [4.69, 9.17) is 4.52 Å². The van der Waals surface area contributed by atoms with Crippen LogP contribution in [0.25, 0.3) is 0 Å². The first-order chi connectivity index (χ1) is 6.72. The van der Waals surface area contributed by atoms with Gasteiger partial charge in [-0.15, -0.1) is 0 Å². The quantitative estimate of drug-likeness (QED) is 0.662. The van der Waals surface area contributed by atoms with E-state index in [9.17, 15) is 4.79 Å². The van der Waals surface area contributed by atoms with Crippen molar-refractivity contribution in [2.45, 2.75) is 19.9 Å². The van der Waals surface area contributed by atoms with E-state index in [-0.39, 0.29) is 5.91 Å². The van der Waals surface area contributed by atoms with Crippen LogP contribution in [-0.4, -0.2) is 24.7 Å². The Labute approximate surface area is 82.8 Å². The van der Waals surface area contributed by atoms with Crippen molar-refractivity contribution in [3.8, 4) is 0 Å². The standard InChI is InChI=1S/C9H15N3O2/c1-7-5-8(14-12-7)6-11-4-3-9(13)10-2/h5,11H,3-4,6H2,1-2H3,(H,10,13). The van der Waals surface area contributed by atoms with E-state index in [1.54, 1.807) is 7.05 Å². The first-order valence-corrected chi connectivity index (χ1v) is 4.56. The molecule has 1 aromatic rings. The molecular weight excluding hydrogens is 182 g/mol. The Kier molecular flexibility index (Phi) is 4.12. The van der Waals surface area contributed by atoms with E-state index < -0.39 is 0 Å². The highest BCUT2D eigenvalue weighted by molar-refractivity contribution is 5.75. The summed E-state index contributed by atoms with van der Waals surface area (Å²) in [5, 5.41) is 9.39. The number of nitrogens with zero attached hydrogens (tertiary/aromatic N) is 1. The third-order valence-corrected chi connectivity index (χ3v) is 1.78. The van der Waals surface area contributed by atoms with E-state index in [0.717, 1.165) is 11.5 Å². The first kappa shape index (κ1) is 10.7. The molecule has 5 nitrogen and oxygen atoms in total. The summed E-state index contributed by atoms with van der Waals surface area (Å²) in [5.74, 6) is 0.825. The van der Waals surface area contributed by atoms with E-state index in [0.29, 0.717) is 19.5 Å². The number of hydrogen-bond donors (Lipinski definition) is 2. The predicted octanol–water partition coefficient (Wildman–Crippen LogP) is 0.209. The molecule has 0 aliphatic carbocycles. The lowest BCUT2D eigenvalue weighted by molar-refractivity contribution is -0.120. The summed E-state index contributed by atoms with van der Waals surface area (Å²) in [4.78, 5) is 10.8. The second-order valence-corrected chi connectivity index (χ2v) is 3.03. The minimum atomic E-state index is 0.0336. The molecule has 5 heteroatoms. The van der Waals surface area contributed by atoms with Gasteiger partial charge in [0.1, 0.15) is 0 Å². The van der Waals surface area contributed by atoms with E-state index in [2.05, 4.69) is 15.8 Å². The maximum absolute atomic E-state index is 10.8. The molecule has 0 aliphatic heterocycles. The van der Waals surface area contributed by atoms with Crippen molar-refractivity contribution in [2.75, 3.05) is 13.6 Å². The number of aromatic nitrogens is 1. The lowest BCUT2D eigenvalue weighted by atomic mass is 10.3. The van der Waals surface area contributed by atoms with E-state index >= 15 is 0 Å². The van der Waals surface area contributed by atoms with Gasteiger partial charge in [0.15, 0.2) is 5.76 Å². The van der Waals surface area contributed by atoms with Crippen LogP contribution < -0.4 is 10.6 Å². The Morgan fingerprint density at radius 3 is 3.00 bits per heavy atom. The van der Waals surface area contributed by atoms with Crippen molar-refractivity contribution in [1.82, 2.24) is 15.8 Å². The van der Waals surface area contributed by atoms with Gasteiger partial charge in [-0.3, -0.25) is 4.79 Å². The molecule has 1 heterocycles. The molecule has 1 aromatic heterocycles. The average molecular weight is 197 g/mol. The van der Waals surface area contributed by atoms with Crippen LogP contribution >= 0.6 is 0 Å². The van der Waals surface area contributed by atoms with Gasteiger partial charge in [-0.25, -0.2) is 0 Å². The van der Waals surface area contributed by atoms with Crippen molar-refractivity contribution in [3.05, 3.63) is 17.5 Å². The number of hydrogen-bond acceptors (Lipinski definition) is 4. The van der Waals surface area contributed by atoms with Crippen molar-refractivity contribution >= 4 is 5.91 Å². The van der Waals surface area contributed by atoms with Crippen LogP contribution in [0.4, 0.5) is 0 Å². The van der Waals surface area contributed by atoms with Crippen molar-refractivity contribution in [3.63, 3.8) is 0 Å². The Morgan fingerprint density at radius 2 is 2.43 bits per heavy atom. The van der Waals surface area contributed by atoms with Gasteiger partial charge < -0.3 is 15.2 Å². The fourth-order valence-corrected chi connectivity index (χ4v) is 1.04. The number of amides is 1. The van der Waals surface area contributed by atoms with Crippen LogP contribution in [0.1, 0.15) is 17.9 Å². The SMILES string of the molecule is CNC(=O)CCNCc1cc(C)no1. The molecule has 14 heavy (non-hydrogen) atoms. The van der Waals surface area contributed by atoms with Gasteiger partial charge in [0, 0.05) is 26.1 Å². The zero-order valence-electron chi connectivity index (χ0n) is 8.46. The Balaban J connectivity index is 2.13. The monoisotopic (exact) mass is 197 g/mol. The highest BCUT2D eigenvalue weighted by Gasteiger charge is 2.00. The zero-order chi connectivity index (χ0) is 10.4. The lowest BCUT2D eigenvalue weighted by Gasteiger charge is -2.00. The third kappa shape index (κ3) is 3.57. The molecule has 0 saturated heterocycles. The highest BCUT2D eigenvalue weighted by Crippen LogP contribution is 2.00. The van der Waals surface area contributed by atoms with Gasteiger partial charge in [-0.05, 0) is 6.92 Å². The summed E-state index contributed by atoms with van der Waals surface area (Å²) in [6.07, 6.45) is 0.476. The minimum absolute atomic E-state index is 0.0336. The molecule has 0 aliphatic rings. The van der Waals surface area contributed by atoms with E-state index in [1.807, 2.05) is 13.0 Å². The van der Waals surface area contributed by atoms with Crippen molar-refractivity contribution < 1.29 is 9.32 Å². The van der Waals surface area contributed by atoms with E-state index in [1.165, 1.54) is 0 Å². The normalized spacial score (nSPS) is 10.1. The molecule has 0 aromatic carbocycles. The smallest absolute Gasteiger partial charge is 0.221 e. The summed E-state index contributed by atoms with van der Waals surface area (Å²) in [6.45, 7) is 3.12. The Bertz CT molecular complexity index is 296. The maximum atomic E-state index is 10.8. The second-order valence-electron chi connectivity index (χ2n) is 3.03. The molecule has 0 bridgehead atoms. The lowest BCUT2D eigenvalue weighted by Crippen LogP contribution is -2.24. The number of aryl methyl sites for hydroxylation is 1. The summed E-state index contributed by atoms with van der Waals surface area (Å²) in [6, 6.07) is 1.87. The number of carbonyl (C=O) groups is 1. The summed E-state index contributed by atoms with van der Waals surface area (Å²) in [5.41, 5.74) is 0.869. The van der Waals surface area contributed by atoms with Crippen LogP contribution in [0, 0.1) is 6.92 Å². The fourth-order valence-electron chi connectivity index (χ4n) is 1.04. The minimum Gasteiger partial charge on any atom is -0.360 e. The first-order valence-electron chi connectivity index (χ1n) is 4.56. The molecule has 2 N–H and O–H groups in total. The van der Waals surface area contributed by atoms with Gasteiger partial charge in [0.2, 0.25) is 5.91 Å². The molecule has 0 fully saturated rings. The molecule has 0 radical (unpaired) electrons. The van der Waals surface area contributed by atoms with Crippen molar-refractivity contribution in [1.29, 1.82) is 0 Å². The van der Waals surface area contributed by atoms with Gasteiger partial charge >= 0.3 is 0 Å². The topological polar surface area (TPSA) is 67.2 Å². The van der Waals surface area contributed by atoms with Crippen LogP contribution in [0.2, 0.25) is 0 Å². The largest absolute Gasteiger partial charge is 0.360 e. The molecule has 1 amide bonds. The number of nitrogens with one attached hydrogen (secondary N) is 2. The van der Waals surface area contributed by atoms with Crippen LogP contribution in [0.15, 0.2) is 10.6 Å². The molecule has 0 saturated carbocycles. The van der Waals surface area contributed by atoms with Gasteiger partial charge in [-0.1, -0.05) is 5.16 Å². The fraction of sp³-hybridized carbons (Fsp3) is 0.556. The molecule has 0 atom stereocenters. The Morgan fingerprint density at radius 1 is 1.64 bits per heavy atom. The van der Waals surface area contributed by atoms with Gasteiger partial charge in [-0.2, -0.15) is 0 Å². The maximum Gasteiger partial charge on any atom is 0.221 e. The van der Waals surface area contributed by atoms with Gasteiger partial charge in [0.05, 0.1) is 12.2 Å². The number of carbonyl (C=O) groups excluding carboxylic acids is 1. The summed E-state index contributed by atoms with van der Waals surface area (Å²) < 4.78 is 4.98. The predicted molar refractivity (Wildman–Crippen MR) is 51.6 cm³/mol. The van der Waals surface area contributed by atoms with Crippen molar-refractivity contribution in [2.24, 2.45) is 0 Å². The summed E-state index contributed by atoms with van der Waals surface area (Å²) in [7, 11) is 1.63. The molecule has 0 spiro atoms. The second kappa shape index (κ2) is 5.39. The van der Waals surface area contributed by atoms with Crippen LogP contribution in [-0.2, 0) is 11.3 Å². The molecule has 78 valence electrons. The third-order valence-electron chi connectivity index (χ3n) is 1.78. The number of rotatable bonds is 5. The van der Waals surface area contributed by atoms with Gasteiger partial charge in [0.25, 0.3) is 0 Å². The summed E-state index contributed by atoms with van der Waals surface area (Å²) >= 11 is 0. The molecule has 1 rings (SSSR count). The molecule has 0 unspecified atom stereocenters. The van der Waals surface area contributed by atoms with Crippen LogP contribution in [0.3, 0.4) is 0 Å². The Hall–Kier alpha value is -1.36. The average Bonchev–Trinajstić information content (AvgIpc) is 2.58. The van der Waals surface area contributed by atoms with Crippen LogP contribution in [0.5, 0.6) is 0 Å². The highest BCUT2D eigenvalue weighted by atomic mass is 16.5.